The maximum atomic E-state index is 11.7. The van der Waals surface area contributed by atoms with Gasteiger partial charge >= 0.3 is 5.97 Å². The largest absolute Gasteiger partial charge is 0.489 e. The lowest BCUT2D eigenvalue weighted by molar-refractivity contribution is 0.0526. The highest BCUT2D eigenvalue weighted by atomic mass is 35.5. The molecule has 0 spiro atoms. The lowest BCUT2D eigenvalue weighted by Crippen LogP contribution is -2.06. The molecule has 3 nitrogen and oxygen atoms in total. The van der Waals surface area contributed by atoms with Crippen LogP contribution >= 0.6 is 11.6 Å². The van der Waals surface area contributed by atoms with Gasteiger partial charge in [0.05, 0.1) is 17.2 Å². The minimum atomic E-state index is -0.442. The summed E-state index contributed by atoms with van der Waals surface area (Å²) >= 11 is 5.99. The summed E-state index contributed by atoms with van der Waals surface area (Å²) in [6.45, 7) is 2.50. The fraction of sp³-hybridized carbons (Fsp3) is 0.188. The number of rotatable bonds is 5. The van der Waals surface area contributed by atoms with Gasteiger partial charge in [-0.05, 0) is 30.7 Å². The van der Waals surface area contributed by atoms with E-state index in [1.54, 1.807) is 25.1 Å². The zero-order valence-corrected chi connectivity index (χ0v) is 11.9. The van der Waals surface area contributed by atoms with Crippen LogP contribution in [0.2, 0.25) is 5.02 Å². The third-order valence-electron chi connectivity index (χ3n) is 2.68. The van der Waals surface area contributed by atoms with Gasteiger partial charge < -0.3 is 9.47 Å². The van der Waals surface area contributed by atoms with E-state index in [9.17, 15) is 4.79 Å². The van der Waals surface area contributed by atoms with E-state index in [0.717, 1.165) is 5.56 Å². The molecule has 0 atom stereocenters. The Hall–Kier alpha value is -2.00. The maximum Gasteiger partial charge on any atom is 0.339 e. The fourth-order valence-electron chi connectivity index (χ4n) is 1.70. The van der Waals surface area contributed by atoms with Gasteiger partial charge in [0.15, 0.2) is 0 Å². The monoisotopic (exact) mass is 290 g/mol. The normalized spacial score (nSPS) is 10.1. The van der Waals surface area contributed by atoms with Gasteiger partial charge in [-0.2, -0.15) is 0 Å². The number of ether oxygens (including phenoxy) is 2. The van der Waals surface area contributed by atoms with Crippen molar-refractivity contribution in [1.29, 1.82) is 0 Å². The van der Waals surface area contributed by atoms with Crippen molar-refractivity contribution in [3.63, 3.8) is 0 Å². The molecule has 0 bridgehead atoms. The molecule has 0 saturated carbocycles. The zero-order valence-electron chi connectivity index (χ0n) is 11.1. The minimum Gasteiger partial charge on any atom is -0.489 e. The third-order valence-corrected chi connectivity index (χ3v) is 3.01. The Balaban J connectivity index is 2.09. The number of benzene rings is 2. The summed E-state index contributed by atoms with van der Waals surface area (Å²) in [5.74, 6) is 0.143. The molecule has 0 aromatic heterocycles. The predicted molar refractivity (Wildman–Crippen MR) is 78.2 cm³/mol. The van der Waals surface area contributed by atoms with E-state index in [0.29, 0.717) is 29.5 Å². The summed E-state index contributed by atoms with van der Waals surface area (Å²) in [6.07, 6.45) is 0. The van der Waals surface area contributed by atoms with Crippen LogP contribution in [-0.4, -0.2) is 12.6 Å². The van der Waals surface area contributed by atoms with Gasteiger partial charge in [-0.3, -0.25) is 0 Å². The summed E-state index contributed by atoms with van der Waals surface area (Å²) in [5.41, 5.74) is 1.37. The quantitative estimate of drug-likeness (QED) is 0.778. The third kappa shape index (κ3) is 3.75. The molecule has 0 unspecified atom stereocenters. The minimum absolute atomic E-state index is 0.310. The first-order chi connectivity index (χ1) is 9.70. The van der Waals surface area contributed by atoms with Crippen LogP contribution in [0.25, 0.3) is 0 Å². The molecule has 0 amide bonds. The molecule has 0 N–H and O–H groups in total. The highest BCUT2D eigenvalue weighted by Crippen LogP contribution is 2.23. The van der Waals surface area contributed by atoms with Crippen molar-refractivity contribution in [3.8, 4) is 5.75 Å². The molecule has 0 heterocycles. The van der Waals surface area contributed by atoms with Crippen LogP contribution in [0, 0.1) is 0 Å². The summed E-state index contributed by atoms with van der Waals surface area (Å²) in [7, 11) is 0. The van der Waals surface area contributed by atoms with Gasteiger partial charge in [-0.1, -0.05) is 41.9 Å². The van der Waals surface area contributed by atoms with Crippen molar-refractivity contribution in [2.45, 2.75) is 13.5 Å². The Labute approximate surface area is 123 Å². The average Bonchev–Trinajstić information content (AvgIpc) is 2.47. The Bertz CT molecular complexity index is 582. The molecule has 20 heavy (non-hydrogen) atoms. The lowest BCUT2D eigenvalue weighted by atomic mass is 10.2. The molecular formula is C16H15ClO3. The molecule has 4 heteroatoms. The molecule has 0 saturated heterocycles. The molecule has 0 aliphatic rings. The molecule has 104 valence electrons. The topological polar surface area (TPSA) is 35.5 Å². The van der Waals surface area contributed by atoms with Crippen molar-refractivity contribution in [1.82, 2.24) is 0 Å². The molecule has 2 aromatic rings. The molecule has 0 radical (unpaired) electrons. The van der Waals surface area contributed by atoms with E-state index in [4.69, 9.17) is 21.1 Å². The number of halogens is 1. The standard InChI is InChI=1S/C16H15ClO3/c1-2-19-16(18)14-10-13(8-9-15(14)17)20-11-12-6-4-3-5-7-12/h3-10H,2,11H2,1H3. The number of carbonyl (C=O) groups excluding carboxylic acids is 1. The van der Waals surface area contributed by atoms with Gasteiger partial charge in [-0.15, -0.1) is 0 Å². The highest BCUT2D eigenvalue weighted by molar-refractivity contribution is 6.33. The van der Waals surface area contributed by atoms with Gasteiger partial charge in [0.1, 0.15) is 12.4 Å². The van der Waals surface area contributed by atoms with E-state index in [-0.39, 0.29) is 0 Å². The second-order valence-electron chi connectivity index (χ2n) is 4.14. The van der Waals surface area contributed by atoms with E-state index in [1.165, 1.54) is 0 Å². The van der Waals surface area contributed by atoms with Gasteiger partial charge in [0.2, 0.25) is 0 Å². The van der Waals surface area contributed by atoms with Gasteiger partial charge in [0.25, 0.3) is 0 Å². The number of esters is 1. The SMILES string of the molecule is CCOC(=O)c1cc(OCc2ccccc2)ccc1Cl. The van der Waals surface area contributed by atoms with Crippen LogP contribution < -0.4 is 4.74 Å². The Kier molecular flexibility index (Phi) is 5.02. The molecular weight excluding hydrogens is 276 g/mol. The first-order valence-corrected chi connectivity index (χ1v) is 6.72. The summed E-state index contributed by atoms with van der Waals surface area (Å²) in [4.78, 5) is 11.7. The van der Waals surface area contributed by atoms with Crippen LogP contribution in [0.4, 0.5) is 0 Å². The van der Waals surface area contributed by atoms with Crippen LogP contribution in [0.15, 0.2) is 48.5 Å². The van der Waals surface area contributed by atoms with Crippen molar-refractivity contribution in [3.05, 3.63) is 64.7 Å². The Morgan fingerprint density at radius 1 is 1.15 bits per heavy atom. The molecule has 0 aliphatic heterocycles. The maximum absolute atomic E-state index is 11.7. The highest BCUT2D eigenvalue weighted by Gasteiger charge is 2.12. The van der Waals surface area contributed by atoms with Crippen molar-refractivity contribution in [2.75, 3.05) is 6.61 Å². The van der Waals surface area contributed by atoms with E-state index >= 15 is 0 Å². The Morgan fingerprint density at radius 2 is 1.90 bits per heavy atom. The molecule has 0 aliphatic carbocycles. The van der Waals surface area contributed by atoms with Crippen molar-refractivity contribution in [2.24, 2.45) is 0 Å². The average molecular weight is 291 g/mol. The number of carbonyl (C=O) groups is 1. The smallest absolute Gasteiger partial charge is 0.339 e. The van der Waals surface area contributed by atoms with Crippen LogP contribution in [0.1, 0.15) is 22.8 Å². The number of hydrogen-bond acceptors (Lipinski definition) is 3. The van der Waals surface area contributed by atoms with Gasteiger partial charge in [-0.25, -0.2) is 4.79 Å². The summed E-state index contributed by atoms with van der Waals surface area (Å²) in [6, 6.07) is 14.8. The second kappa shape index (κ2) is 6.96. The second-order valence-corrected chi connectivity index (χ2v) is 4.54. The van der Waals surface area contributed by atoms with E-state index in [1.807, 2.05) is 30.3 Å². The summed E-state index contributed by atoms with van der Waals surface area (Å²) in [5, 5.41) is 0.357. The zero-order chi connectivity index (χ0) is 14.4. The van der Waals surface area contributed by atoms with Crippen LogP contribution in [0.5, 0.6) is 5.75 Å². The predicted octanol–water partition coefficient (Wildman–Crippen LogP) is 4.10. The van der Waals surface area contributed by atoms with E-state index < -0.39 is 5.97 Å². The van der Waals surface area contributed by atoms with Crippen molar-refractivity contribution >= 4 is 17.6 Å². The van der Waals surface area contributed by atoms with E-state index in [2.05, 4.69) is 0 Å². The van der Waals surface area contributed by atoms with Crippen LogP contribution in [-0.2, 0) is 11.3 Å². The number of hydrogen-bond donors (Lipinski definition) is 0. The molecule has 2 rings (SSSR count). The first kappa shape index (κ1) is 14.4. The van der Waals surface area contributed by atoms with Gasteiger partial charge in [0, 0.05) is 0 Å². The first-order valence-electron chi connectivity index (χ1n) is 6.34. The summed E-state index contributed by atoms with van der Waals surface area (Å²) < 4.78 is 10.6. The van der Waals surface area contributed by atoms with Crippen molar-refractivity contribution < 1.29 is 14.3 Å². The van der Waals surface area contributed by atoms with Crippen LogP contribution in [0.3, 0.4) is 0 Å². The molecule has 0 fully saturated rings. The molecule has 2 aromatic carbocycles. The Morgan fingerprint density at radius 3 is 2.60 bits per heavy atom. The lowest BCUT2D eigenvalue weighted by Gasteiger charge is -2.09. The fourth-order valence-corrected chi connectivity index (χ4v) is 1.90.